The van der Waals surface area contributed by atoms with Crippen LogP contribution in [0, 0.1) is 10.8 Å². The van der Waals surface area contributed by atoms with E-state index in [9.17, 15) is 18.0 Å². The van der Waals surface area contributed by atoms with Crippen molar-refractivity contribution in [2.75, 3.05) is 6.61 Å². The van der Waals surface area contributed by atoms with E-state index in [1.54, 1.807) is 0 Å². The second kappa shape index (κ2) is 4.55. The van der Waals surface area contributed by atoms with Crippen molar-refractivity contribution in [1.82, 2.24) is 0 Å². The Hall–Kier alpha value is -1.08. The molecule has 3 fully saturated rings. The third kappa shape index (κ3) is 1.70. The van der Waals surface area contributed by atoms with Crippen LogP contribution in [0.15, 0.2) is 11.6 Å². The second-order valence-corrected chi connectivity index (χ2v) is 7.99. The van der Waals surface area contributed by atoms with E-state index in [2.05, 4.69) is 6.08 Å². The van der Waals surface area contributed by atoms with Crippen LogP contribution in [0.25, 0.3) is 0 Å². The van der Waals surface area contributed by atoms with Crippen LogP contribution in [-0.2, 0) is 19.0 Å². The zero-order valence-electron chi connectivity index (χ0n) is 13.9. The van der Waals surface area contributed by atoms with Gasteiger partial charge in [-0.3, -0.25) is 0 Å². The molecule has 7 heteroatoms. The Morgan fingerprint density at radius 2 is 2.08 bits per heavy atom. The lowest BCUT2D eigenvalue weighted by Gasteiger charge is -2.52. The van der Waals surface area contributed by atoms with Gasteiger partial charge in [0, 0.05) is 17.3 Å². The van der Waals surface area contributed by atoms with E-state index in [0.717, 1.165) is 12.8 Å². The van der Waals surface area contributed by atoms with E-state index in [1.165, 1.54) is 5.57 Å². The molecule has 0 radical (unpaired) electrons. The molecule has 4 rings (SSSR count). The third-order valence-electron chi connectivity index (χ3n) is 7.08. The normalized spacial score (nSPS) is 49.6. The van der Waals surface area contributed by atoms with Crippen LogP contribution in [0.1, 0.15) is 40.0 Å². The van der Waals surface area contributed by atoms with Gasteiger partial charge in [0.15, 0.2) is 0 Å². The van der Waals surface area contributed by atoms with E-state index in [-0.39, 0.29) is 24.0 Å². The fraction of sp³-hybridized carbons (Fsp3) is 0.824. The average molecular weight is 346 g/mol. The molecule has 0 aromatic carbocycles. The van der Waals surface area contributed by atoms with Crippen molar-refractivity contribution in [2.45, 2.75) is 70.1 Å². The SMILES string of the molecule is CC1=CC2OC34COC3CC(OC(=O)C(F)(F)F)C4(C)C2(C)CC1. The molecule has 134 valence electrons. The van der Waals surface area contributed by atoms with Crippen molar-refractivity contribution in [3.8, 4) is 0 Å². The number of allylic oxidation sites excluding steroid dienone is 1. The number of carbonyl (C=O) groups excluding carboxylic acids is 1. The van der Waals surface area contributed by atoms with Gasteiger partial charge in [-0.25, -0.2) is 4.79 Å². The number of hydrogen-bond acceptors (Lipinski definition) is 4. The summed E-state index contributed by atoms with van der Waals surface area (Å²) in [5.74, 6) is -2.13. The number of halogens is 3. The van der Waals surface area contributed by atoms with Gasteiger partial charge in [0.05, 0.1) is 18.8 Å². The Labute approximate surface area is 138 Å². The molecular weight excluding hydrogens is 325 g/mol. The lowest BCUT2D eigenvalue weighted by atomic mass is 9.54. The van der Waals surface area contributed by atoms with Gasteiger partial charge in [-0.1, -0.05) is 25.5 Å². The van der Waals surface area contributed by atoms with Gasteiger partial charge in [0.25, 0.3) is 0 Å². The van der Waals surface area contributed by atoms with Crippen LogP contribution in [0.3, 0.4) is 0 Å². The molecule has 2 aliphatic carbocycles. The molecule has 0 N–H and O–H groups in total. The molecular formula is C17H21F3O4. The zero-order valence-corrected chi connectivity index (χ0v) is 13.9. The minimum Gasteiger partial charge on any atom is -0.455 e. The molecule has 2 saturated heterocycles. The Balaban J connectivity index is 1.73. The van der Waals surface area contributed by atoms with Crippen LogP contribution in [0.4, 0.5) is 13.2 Å². The highest BCUT2D eigenvalue weighted by Gasteiger charge is 2.81. The summed E-state index contributed by atoms with van der Waals surface area (Å²) < 4.78 is 55.1. The van der Waals surface area contributed by atoms with Gasteiger partial charge in [0.1, 0.15) is 11.7 Å². The van der Waals surface area contributed by atoms with Crippen molar-refractivity contribution < 1.29 is 32.2 Å². The van der Waals surface area contributed by atoms with Crippen LogP contribution in [0.5, 0.6) is 0 Å². The number of fused-ring (bicyclic) bond motifs is 2. The molecule has 1 saturated carbocycles. The first-order valence-corrected chi connectivity index (χ1v) is 8.29. The second-order valence-electron chi connectivity index (χ2n) is 7.99. The van der Waals surface area contributed by atoms with E-state index < -0.39 is 29.3 Å². The molecule has 0 aromatic heterocycles. The molecule has 6 atom stereocenters. The van der Waals surface area contributed by atoms with Crippen molar-refractivity contribution in [2.24, 2.45) is 10.8 Å². The summed E-state index contributed by atoms with van der Waals surface area (Å²) >= 11 is 0. The Morgan fingerprint density at radius 1 is 1.38 bits per heavy atom. The molecule has 0 aromatic rings. The largest absolute Gasteiger partial charge is 0.490 e. The molecule has 0 bridgehead atoms. The lowest BCUT2D eigenvalue weighted by molar-refractivity contribution is -0.261. The average Bonchev–Trinajstić information content (AvgIpc) is 2.77. The summed E-state index contributed by atoms with van der Waals surface area (Å²) in [5, 5.41) is 0. The number of hydrogen-bond donors (Lipinski definition) is 0. The summed E-state index contributed by atoms with van der Waals surface area (Å²) in [6.07, 6.45) is -2.36. The third-order valence-corrected chi connectivity index (χ3v) is 7.08. The Bertz CT molecular complexity index is 630. The molecule has 2 aliphatic heterocycles. The van der Waals surface area contributed by atoms with Gasteiger partial charge in [-0.2, -0.15) is 13.2 Å². The first kappa shape index (κ1) is 16.4. The van der Waals surface area contributed by atoms with Crippen LogP contribution < -0.4 is 0 Å². The fourth-order valence-corrected chi connectivity index (χ4v) is 5.31. The highest BCUT2D eigenvalue weighted by Crippen LogP contribution is 2.72. The van der Waals surface area contributed by atoms with Crippen molar-refractivity contribution in [3.05, 3.63) is 11.6 Å². The van der Waals surface area contributed by atoms with Crippen molar-refractivity contribution in [1.29, 1.82) is 0 Å². The summed E-state index contributed by atoms with van der Waals surface area (Å²) in [7, 11) is 0. The standard InChI is InChI=1S/C17H21F3O4/c1-9-4-5-14(2)10(6-9)24-16-8-22-12(16)7-11(15(14,16)3)23-13(21)17(18,19)20/h6,10-12H,4-5,7-8H2,1-3H3. The lowest BCUT2D eigenvalue weighted by Crippen LogP contribution is -2.64. The summed E-state index contributed by atoms with van der Waals surface area (Å²) in [6.45, 7) is 6.34. The first-order valence-electron chi connectivity index (χ1n) is 8.29. The number of alkyl halides is 3. The van der Waals surface area contributed by atoms with E-state index in [0.29, 0.717) is 6.61 Å². The summed E-state index contributed by atoms with van der Waals surface area (Å²) in [4.78, 5) is 11.5. The van der Waals surface area contributed by atoms with Gasteiger partial charge < -0.3 is 14.2 Å². The monoisotopic (exact) mass is 346 g/mol. The molecule has 1 spiro atoms. The van der Waals surface area contributed by atoms with Crippen LogP contribution in [0.2, 0.25) is 0 Å². The molecule has 4 aliphatic rings. The maximum absolute atomic E-state index is 12.7. The van der Waals surface area contributed by atoms with Gasteiger partial charge in [-0.05, 0) is 19.8 Å². The minimum absolute atomic E-state index is 0.185. The summed E-state index contributed by atoms with van der Waals surface area (Å²) in [6, 6.07) is 0. The quantitative estimate of drug-likeness (QED) is 0.540. The van der Waals surface area contributed by atoms with Crippen LogP contribution in [-0.4, -0.2) is 42.7 Å². The number of ether oxygens (including phenoxy) is 3. The maximum atomic E-state index is 12.7. The molecule has 6 unspecified atom stereocenters. The van der Waals surface area contributed by atoms with E-state index in [1.807, 2.05) is 20.8 Å². The topological polar surface area (TPSA) is 44.8 Å². The number of carbonyl (C=O) groups is 1. The van der Waals surface area contributed by atoms with Crippen molar-refractivity contribution >= 4 is 5.97 Å². The maximum Gasteiger partial charge on any atom is 0.490 e. The highest BCUT2D eigenvalue weighted by molar-refractivity contribution is 5.76. The van der Waals surface area contributed by atoms with E-state index in [4.69, 9.17) is 14.2 Å². The predicted molar refractivity (Wildman–Crippen MR) is 77.1 cm³/mol. The van der Waals surface area contributed by atoms with Gasteiger partial charge >= 0.3 is 12.1 Å². The molecule has 24 heavy (non-hydrogen) atoms. The number of rotatable bonds is 1. The predicted octanol–water partition coefficient (Wildman–Crippen LogP) is 3.15. The van der Waals surface area contributed by atoms with Crippen molar-refractivity contribution in [3.63, 3.8) is 0 Å². The smallest absolute Gasteiger partial charge is 0.455 e. The molecule has 4 nitrogen and oxygen atoms in total. The van der Waals surface area contributed by atoms with Gasteiger partial charge in [0.2, 0.25) is 0 Å². The number of esters is 1. The van der Waals surface area contributed by atoms with E-state index >= 15 is 0 Å². The fourth-order valence-electron chi connectivity index (χ4n) is 5.31. The first-order chi connectivity index (χ1) is 11.0. The Morgan fingerprint density at radius 3 is 2.67 bits per heavy atom. The summed E-state index contributed by atoms with van der Waals surface area (Å²) in [5.41, 5.74) is -0.532. The van der Waals surface area contributed by atoms with Gasteiger partial charge in [-0.15, -0.1) is 0 Å². The molecule has 2 heterocycles. The highest BCUT2D eigenvalue weighted by atomic mass is 19.4. The Kier molecular flexibility index (Phi) is 3.11. The van der Waals surface area contributed by atoms with Crippen LogP contribution >= 0.6 is 0 Å². The zero-order chi connectivity index (χ0) is 17.5. The molecule has 0 amide bonds. The minimum atomic E-state index is -4.99.